The number of aliphatic hydroxyl groups excluding tert-OH is 1. The summed E-state index contributed by atoms with van der Waals surface area (Å²) in [5.41, 5.74) is 0. The Labute approximate surface area is 115 Å². The molecule has 0 aliphatic heterocycles. The van der Waals surface area contributed by atoms with Crippen molar-refractivity contribution in [1.82, 2.24) is 5.32 Å². The van der Waals surface area contributed by atoms with Crippen LogP contribution >= 0.6 is 0 Å². The number of hydrogen-bond acceptors (Lipinski definition) is 6. The van der Waals surface area contributed by atoms with Gasteiger partial charge in [-0.05, 0) is 13.3 Å². The topological polar surface area (TPSA) is 77.0 Å². The molecule has 2 atom stereocenters. The molecule has 0 heterocycles. The Kier molecular flexibility index (Phi) is 11.9. The molecule has 0 radical (unpaired) electrons. The predicted molar refractivity (Wildman–Crippen MR) is 72.0 cm³/mol. The van der Waals surface area contributed by atoms with Crippen LogP contribution in [0.1, 0.15) is 26.7 Å². The SMILES string of the molecule is CCCCOCCOCC(O)CNC(C)C(=O)OC. The summed E-state index contributed by atoms with van der Waals surface area (Å²) in [6.45, 7) is 6.05. The molecule has 0 saturated carbocycles. The van der Waals surface area contributed by atoms with Crippen molar-refractivity contribution >= 4 is 5.97 Å². The van der Waals surface area contributed by atoms with Crippen LogP contribution in [0.25, 0.3) is 0 Å². The number of nitrogens with one attached hydrogen (secondary N) is 1. The summed E-state index contributed by atoms with van der Waals surface area (Å²) in [6, 6.07) is -0.433. The molecule has 0 rings (SSSR count). The quantitative estimate of drug-likeness (QED) is 0.395. The third-order valence-corrected chi connectivity index (χ3v) is 2.54. The first kappa shape index (κ1) is 18.3. The highest BCUT2D eigenvalue weighted by Crippen LogP contribution is 1.91. The van der Waals surface area contributed by atoms with Gasteiger partial charge in [0.05, 0.1) is 33.0 Å². The molecule has 2 N–H and O–H groups in total. The number of esters is 1. The maximum atomic E-state index is 11.1. The van der Waals surface area contributed by atoms with Crippen LogP contribution in [0.4, 0.5) is 0 Å². The molecule has 0 spiro atoms. The molecule has 6 nitrogen and oxygen atoms in total. The maximum Gasteiger partial charge on any atom is 0.322 e. The van der Waals surface area contributed by atoms with Gasteiger partial charge in [-0.3, -0.25) is 4.79 Å². The molecular formula is C13H27NO5. The first-order valence-electron chi connectivity index (χ1n) is 6.76. The molecule has 114 valence electrons. The average molecular weight is 277 g/mol. The summed E-state index contributed by atoms with van der Waals surface area (Å²) in [5, 5.41) is 12.5. The molecule has 19 heavy (non-hydrogen) atoms. The van der Waals surface area contributed by atoms with E-state index in [9.17, 15) is 9.90 Å². The van der Waals surface area contributed by atoms with Crippen molar-refractivity contribution in [2.24, 2.45) is 0 Å². The molecule has 2 unspecified atom stereocenters. The Morgan fingerprint density at radius 1 is 1.26 bits per heavy atom. The van der Waals surface area contributed by atoms with Crippen molar-refractivity contribution in [2.45, 2.75) is 38.8 Å². The summed E-state index contributed by atoms with van der Waals surface area (Å²) in [5.74, 6) is -0.350. The van der Waals surface area contributed by atoms with Gasteiger partial charge < -0.3 is 24.6 Å². The number of ether oxygens (including phenoxy) is 3. The average Bonchev–Trinajstić information content (AvgIpc) is 2.42. The summed E-state index contributed by atoms with van der Waals surface area (Å²) in [6.07, 6.45) is 1.52. The van der Waals surface area contributed by atoms with E-state index in [4.69, 9.17) is 9.47 Å². The predicted octanol–water partition coefficient (Wildman–Crippen LogP) is 0.332. The molecule has 0 saturated heterocycles. The van der Waals surface area contributed by atoms with E-state index in [1.807, 2.05) is 0 Å². The number of aliphatic hydroxyl groups is 1. The number of rotatable bonds is 12. The third-order valence-electron chi connectivity index (χ3n) is 2.54. The smallest absolute Gasteiger partial charge is 0.322 e. The lowest BCUT2D eigenvalue weighted by atomic mass is 10.3. The van der Waals surface area contributed by atoms with Crippen molar-refractivity contribution in [3.8, 4) is 0 Å². The van der Waals surface area contributed by atoms with Crippen LogP contribution in [-0.4, -0.2) is 63.3 Å². The summed E-state index contributed by atoms with van der Waals surface area (Å²) < 4.78 is 15.1. The van der Waals surface area contributed by atoms with E-state index in [1.165, 1.54) is 7.11 Å². The van der Waals surface area contributed by atoms with Gasteiger partial charge in [0.15, 0.2) is 0 Å². The number of methoxy groups -OCH3 is 1. The molecular weight excluding hydrogens is 250 g/mol. The van der Waals surface area contributed by atoms with Crippen LogP contribution in [0.15, 0.2) is 0 Å². The molecule has 0 aromatic heterocycles. The van der Waals surface area contributed by atoms with E-state index in [0.29, 0.717) is 13.2 Å². The second-order valence-electron chi connectivity index (χ2n) is 4.35. The van der Waals surface area contributed by atoms with Crippen molar-refractivity contribution < 1.29 is 24.1 Å². The Morgan fingerprint density at radius 3 is 2.58 bits per heavy atom. The fourth-order valence-electron chi connectivity index (χ4n) is 1.32. The van der Waals surface area contributed by atoms with Crippen molar-refractivity contribution in [2.75, 3.05) is 40.1 Å². The number of hydrogen-bond donors (Lipinski definition) is 2. The second kappa shape index (κ2) is 12.3. The van der Waals surface area contributed by atoms with Gasteiger partial charge in [-0.15, -0.1) is 0 Å². The lowest BCUT2D eigenvalue weighted by Crippen LogP contribution is -2.40. The number of carbonyl (C=O) groups excluding carboxylic acids is 1. The molecule has 0 aliphatic rings. The fraction of sp³-hybridized carbons (Fsp3) is 0.923. The standard InChI is InChI=1S/C13H27NO5/c1-4-5-6-18-7-8-19-10-12(15)9-14-11(2)13(16)17-3/h11-12,14-15H,4-10H2,1-3H3. The third kappa shape index (κ3) is 10.9. The van der Waals surface area contributed by atoms with Crippen LogP contribution in [0.5, 0.6) is 0 Å². The number of carbonyl (C=O) groups is 1. The minimum atomic E-state index is -0.650. The minimum absolute atomic E-state index is 0.220. The van der Waals surface area contributed by atoms with Crippen molar-refractivity contribution in [1.29, 1.82) is 0 Å². The maximum absolute atomic E-state index is 11.1. The lowest BCUT2D eigenvalue weighted by molar-refractivity contribution is -0.142. The molecule has 0 bridgehead atoms. The van der Waals surface area contributed by atoms with Gasteiger partial charge >= 0.3 is 5.97 Å². The molecule has 0 aromatic carbocycles. The van der Waals surface area contributed by atoms with Crippen LogP contribution in [0, 0.1) is 0 Å². The van der Waals surface area contributed by atoms with Crippen LogP contribution in [0.2, 0.25) is 0 Å². The van der Waals surface area contributed by atoms with E-state index >= 15 is 0 Å². The van der Waals surface area contributed by atoms with Gasteiger partial charge in [0.1, 0.15) is 6.04 Å². The summed E-state index contributed by atoms with van der Waals surface area (Å²) in [7, 11) is 1.33. The van der Waals surface area contributed by atoms with Gasteiger partial charge in [0.2, 0.25) is 0 Å². The van der Waals surface area contributed by atoms with Crippen LogP contribution < -0.4 is 5.32 Å². The molecule has 0 aromatic rings. The minimum Gasteiger partial charge on any atom is -0.468 e. The highest BCUT2D eigenvalue weighted by molar-refractivity contribution is 5.75. The van der Waals surface area contributed by atoms with Gasteiger partial charge in [0.25, 0.3) is 0 Å². The van der Waals surface area contributed by atoms with E-state index in [2.05, 4.69) is 17.0 Å². The largest absolute Gasteiger partial charge is 0.468 e. The van der Waals surface area contributed by atoms with Crippen molar-refractivity contribution in [3.05, 3.63) is 0 Å². The highest BCUT2D eigenvalue weighted by Gasteiger charge is 2.13. The van der Waals surface area contributed by atoms with Gasteiger partial charge in [-0.2, -0.15) is 0 Å². The Balaban J connectivity index is 3.39. The molecule has 0 fully saturated rings. The van der Waals surface area contributed by atoms with E-state index in [-0.39, 0.29) is 19.1 Å². The number of unbranched alkanes of at least 4 members (excludes halogenated alkanes) is 1. The Morgan fingerprint density at radius 2 is 1.95 bits per heavy atom. The normalized spacial score (nSPS) is 14.1. The van der Waals surface area contributed by atoms with Gasteiger partial charge in [0, 0.05) is 13.2 Å². The Hall–Kier alpha value is -0.690. The zero-order chi connectivity index (χ0) is 14.5. The van der Waals surface area contributed by atoms with Crippen LogP contribution in [-0.2, 0) is 19.0 Å². The first-order chi connectivity index (χ1) is 9.11. The van der Waals surface area contributed by atoms with E-state index < -0.39 is 12.1 Å². The molecule has 6 heteroatoms. The zero-order valence-electron chi connectivity index (χ0n) is 12.2. The van der Waals surface area contributed by atoms with Gasteiger partial charge in [-0.1, -0.05) is 13.3 Å². The molecule has 0 amide bonds. The van der Waals surface area contributed by atoms with E-state index in [0.717, 1.165) is 19.4 Å². The lowest BCUT2D eigenvalue weighted by Gasteiger charge is -2.15. The van der Waals surface area contributed by atoms with Crippen molar-refractivity contribution in [3.63, 3.8) is 0 Å². The second-order valence-corrected chi connectivity index (χ2v) is 4.35. The molecule has 0 aliphatic carbocycles. The Bertz CT molecular complexity index is 225. The van der Waals surface area contributed by atoms with Crippen LogP contribution in [0.3, 0.4) is 0 Å². The van der Waals surface area contributed by atoms with E-state index in [1.54, 1.807) is 6.92 Å². The highest BCUT2D eigenvalue weighted by atomic mass is 16.5. The summed E-state index contributed by atoms with van der Waals surface area (Å²) in [4.78, 5) is 11.1. The van der Waals surface area contributed by atoms with Gasteiger partial charge in [-0.25, -0.2) is 0 Å². The summed E-state index contributed by atoms with van der Waals surface area (Å²) >= 11 is 0. The fourth-order valence-corrected chi connectivity index (χ4v) is 1.32. The zero-order valence-corrected chi connectivity index (χ0v) is 12.2. The first-order valence-corrected chi connectivity index (χ1v) is 6.76. The monoisotopic (exact) mass is 277 g/mol.